The molecule has 182 valence electrons. The molecule has 0 fully saturated rings. The van der Waals surface area contributed by atoms with E-state index < -0.39 is 18.0 Å². The highest BCUT2D eigenvalue weighted by atomic mass is 16.5. The molecule has 0 saturated heterocycles. The minimum Gasteiger partial charge on any atom is -0.481 e. The van der Waals surface area contributed by atoms with Gasteiger partial charge in [0.15, 0.2) is 0 Å². The second-order valence-electron chi connectivity index (χ2n) is 7.90. The molecule has 0 aliphatic rings. The predicted molar refractivity (Wildman–Crippen MR) is 127 cm³/mol. The van der Waals surface area contributed by atoms with E-state index in [1.807, 2.05) is 32.0 Å². The first kappa shape index (κ1) is 29.6. The third-order valence-electron chi connectivity index (χ3n) is 5.14. The number of aryl methyl sites for hydroxylation is 2. The maximum atomic E-state index is 12.3. The summed E-state index contributed by atoms with van der Waals surface area (Å²) >= 11 is 0. The van der Waals surface area contributed by atoms with E-state index in [0.29, 0.717) is 6.42 Å². The number of unbranched alkanes of at least 4 members (excludes halogenated alkanes) is 6. The number of aliphatic carboxylic acids is 1. The van der Waals surface area contributed by atoms with Crippen molar-refractivity contribution in [3.8, 4) is 0 Å². The quantitative estimate of drug-likeness (QED) is 0.333. The number of carbonyl (C=O) groups excluding carboxylic acids is 2. The van der Waals surface area contributed by atoms with Crippen LogP contribution in [0.4, 0.5) is 5.69 Å². The van der Waals surface area contributed by atoms with Gasteiger partial charge in [-0.15, -0.1) is 0 Å². The number of hydrogen-bond acceptors (Lipinski definition) is 5. The largest absolute Gasteiger partial charge is 0.481 e. The van der Waals surface area contributed by atoms with E-state index in [4.69, 9.17) is 14.6 Å². The van der Waals surface area contributed by atoms with Crippen LogP contribution in [0.3, 0.4) is 0 Å². The van der Waals surface area contributed by atoms with E-state index in [9.17, 15) is 14.4 Å². The molecule has 1 aromatic carbocycles. The number of hydrogen-bond donors (Lipinski definition) is 1. The standard InChI is InChI=1S/C15H21NO4.C10H20O2/c1-10-7-6-8-11(2)14(10)16(13(17)9-19-4)12(3)15(18)20-5;1-2-3-4-5-6-7-8-9-10(11)12/h6-8,12H,9H2,1-5H3;2-9H2,1H3,(H,11,12). The molecule has 1 amide bonds. The first-order valence-electron chi connectivity index (χ1n) is 11.4. The van der Waals surface area contributed by atoms with Crippen LogP contribution in [-0.2, 0) is 23.9 Å². The molecule has 7 heteroatoms. The number of carboxylic acids is 1. The summed E-state index contributed by atoms with van der Waals surface area (Å²) in [6.07, 6.45) is 8.64. The normalized spacial score (nSPS) is 11.2. The van der Waals surface area contributed by atoms with Gasteiger partial charge in [0.25, 0.3) is 5.91 Å². The number of esters is 1. The summed E-state index contributed by atoms with van der Waals surface area (Å²) in [7, 11) is 2.76. The van der Waals surface area contributed by atoms with Crippen LogP contribution in [0.1, 0.15) is 76.3 Å². The topological polar surface area (TPSA) is 93.1 Å². The number of para-hydroxylation sites is 1. The lowest BCUT2D eigenvalue weighted by atomic mass is 10.1. The number of benzene rings is 1. The zero-order valence-electron chi connectivity index (χ0n) is 20.6. The van der Waals surface area contributed by atoms with E-state index in [1.165, 1.54) is 51.2 Å². The number of rotatable bonds is 13. The van der Waals surface area contributed by atoms with Crippen LogP contribution in [0.5, 0.6) is 0 Å². The van der Waals surface area contributed by atoms with Crippen LogP contribution in [0.25, 0.3) is 0 Å². The van der Waals surface area contributed by atoms with Gasteiger partial charge in [-0.1, -0.05) is 63.6 Å². The second kappa shape index (κ2) is 17.2. The van der Waals surface area contributed by atoms with Gasteiger partial charge in [-0.3, -0.25) is 14.5 Å². The first-order valence-corrected chi connectivity index (χ1v) is 11.4. The molecule has 1 atom stereocenters. The Morgan fingerprint density at radius 3 is 1.97 bits per heavy atom. The molecular weight excluding hydrogens is 410 g/mol. The van der Waals surface area contributed by atoms with Gasteiger partial charge >= 0.3 is 11.9 Å². The highest BCUT2D eigenvalue weighted by Gasteiger charge is 2.29. The van der Waals surface area contributed by atoms with Gasteiger partial charge in [0.2, 0.25) is 0 Å². The van der Waals surface area contributed by atoms with E-state index in [-0.39, 0.29) is 12.5 Å². The van der Waals surface area contributed by atoms with E-state index in [1.54, 1.807) is 6.92 Å². The Balaban J connectivity index is 0.000000687. The number of methoxy groups -OCH3 is 2. The molecule has 0 saturated carbocycles. The van der Waals surface area contributed by atoms with Crippen molar-refractivity contribution < 1.29 is 29.0 Å². The lowest BCUT2D eigenvalue weighted by Gasteiger charge is -2.30. The van der Waals surface area contributed by atoms with Crippen LogP contribution in [0.15, 0.2) is 18.2 Å². The van der Waals surface area contributed by atoms with Crippen molar-refractivity contribution in [3.63, 3.8) is 0 Å². The average Bonchev–Trinajstić information content (AvgIpc) is 2.75. The monoisotopic (exact) mass is 451 g/mol. The predicted octanol–water partition coefficient (Wildman–Crippen LogP) is 5.06. The Kier molecular flexibility index (Phi) is 15.9. The minimum absolute atomic E-state index is 0.0882. The smallest absolute Gasteiger partial charge is 0.328 e. The van der Waals surface area contributed by atoms with Gasteiger partial charge in [-0.2, -0.15) is 0 Å². The third kappa shape index (κ3) is 11.3. The fourth-order valence-corrected chi connectivity index (χ4v) is 3.42. The number of amides is 1. The van der Waals surface area contributed by atoms with E-state index in [2.05, 4.69) is 6.92 Å². The van der Waals surface area contributed by atoms with Gasteiger partial charge in [-0.05, 0) is 38.3 Å². The van der Waals surface area contributed by atoms with Crippen LogP contribution in [-0.4, -0.2) is 49.8 Å². The van der Waals surface area contributed by atoms with Crippen molar-refractivity contribution in [2.24, 2.45) is 0 Å². The molecule has 0 heterocycles. The maximum absolute atomic E-state index is 12.3. The third-order valence-corrected chi connectivity index (χ3v) is 5.14. The van der Waals surface area contributed by atoms with E-state index in [0.717, 1.165) is 29.7 Å². The number of ether oxygens (including phenoxy) is 2. The first-order chi connectivity index (χ1) is 15.2. The van der Waals surface area contributed by atoms with Gasteiger partial charge < -0.3 is 14.6 Å². The molecule has 1 rings (SSSR count). The van der Waals surface area contributed by atoms with Gasteiger partial charge in [-0.25, -0.2) is 4.79 Å². The van der Waals surface area contributed by atoms with Crippen molar-refractivity contribution in [1.82, 2.24) is 0 Å². The van der Waals surface area contributed by atoms with Crippen LogP contribution in [0.2, 0.25) is 0 Å². The van der Waals surface area contributed by atoms with Crippen molar-refractivity contribution in [1.29, 1.82) is 0 Å². The molecule has 0 bridgehead atoms. The molecule has 0 aromatic heterocycles. The molecule has 32 heavy (non-hydrogen) atoms. The summed E-state index contributed by atoms with van der Waals surface area (Å²) in [4.78, 5) is 35.7. The Hall–Kier alpha value is -2.41. The van der Waals surface area contributed by atoms with Gasteiger partial charge in [0.1, 0.15) is 12.6 Å². The molecule has 1 aromatic rings. The molecule has 0 spiro atoms. The summed E-state index contributed by atoms with van der Waals surface area (Å²) in [6, 6.07) is 5.01. The molecule has 1 unspecified atom stereocenters. The van der Waals surface area contributed by atoms with Crippen molar-refractivity contribution in [3.05, 3.63) is 29.3 Å². The lowest BCUT2D eigenvalue weighted by molar-refractivity contribution is -0.143. The summed E-state index contributed by atoms with van der Waals surface area (Å²) in [6.45, 7) is 7.56. The molecule has 7 nitrogen and oxygen atoms in total. The van der Waals surface area contributed by atoms with Crippen LogP contribution < -0.4 is 4.90 Å². The fourth-order valence-electron chi connectivity index (χ4n) is 3.42. The molecule has 0 aliphatic heterocycles. The summed E-state index contributed by atoms with van der Waals surface area (Å²) in [5.41, 5.74) is 2.57. The van der Waals surface area contributed by atoms with Gasteiger partial charge in [0.05, 0.1) is 12.8 Å². The Morgan fingerprint density at radius 2 is 1.50 bits per heavy atom. The Bertz CT molecular complexity index is 683. The van der Waals surface area contributed by atoms with Crippen LogP contribution >= 0.6 is 0 Å². The zero-order valence-corrected chi connectivity index (χ0v) is 20.6. The molecule has 1 N–H and O–H groups in total. The number of carboxylic acid groups (broad SMARTS) is 1. The summed E-state index contributed by atoms with van der Waals surface area (Å²) < 4.78 is 9.65. The van der Waals surface area contributed by atoms with Crippen molar-refractivity contribution in [2.75, 3.05) is 25.7 Å². The van der Waals surface area contributed by atoms with E-state index >= 15 is 0 Å². The molecule has 0 radical (unpaired) electrons. The summed E-state index contributed by atoms with van der Waals surface area (Å²) in [5.74, 6) is -1.40. The highest BCUT2D eigenvalue weighted by molar-refractivity contribution is 6.01. The zero-order chi connectivity index (χ0) is 24.5. The van der Waals surface area contributed by atoms with Crippen molar-refractivity contribution >= 4 is 23.5 Å². The number of nitrogens with zero attached hydrogens (tertiary/aromatic N) is 1. The van der Waals surface area contributed by atoms with Gasteiger partial charge in [0, 0.05) is 13.5 Å². The maximum Gasteiger partial charge on any atom is 0.328 e. The number of anilines is 1. The number of carbonyl (C=O) groups is 3. The highest BCUT2D eigenvalue weighted by Crippen LogP contribution is 2.27. The van der Waals surface area contributed by atoms with Crippen molar-refractivity contribution in [2.45, 2.75) is 85.1 Å². The average molecular weight is 452 g/mol. The molecular formula is C25H41NO6. The second-order valence-corrected chi connectivity index (χ2v) is 7.90. The Labute approximate surface area is 193 Å². The molecule has 0 aliphatic carbocycles. The minimum atomic E-state index is -0.706. The SMILES string of the molecule is CCCCCCCCCC(=O)O.COCC(=O)N(c1c(C)cccc1C)C(C)C(=O)OC. The summed E-state index contributed by atoms with van der Waals surface area (Å²) in [5, 5.41) is 8.35. The lowest BCUT2D eigenvalue weighted by Crippen LogP contribution is -2.46. The Morgan fingerprint density at radius 1 is 0.969 bits per heavy atom. The fraction of sp³-hybridized carbons (Fsp3) is 0.640. The van der Waals surface area contributed by atoms with Crippen LogP contribution in [0, 0.1) is 13.8 Å².